The first-order valence-electron chi connectivity index (χ1n) is 6.06. The molecule has 2 heteroatoms. The molecule has 1 aliphatic rings. The Labute approximate surface area is 98.7 Å². The minimum atomic E-state index is 0.313. The van der Waals surface area contributed by atoms with E-state index >= 15 is 0 Å². The van der Waals surface area contributed by atoms with E-state index in [0.29, 0.717) is 5.54 Å². The summed E-state index contributed by atoms with van der Waals surface area (Å²) in [5, 5.41) is 3.49. The predicted octanol–water partition coefficient (Wildman–Crippen LogP) is 1.83. The highest BCUT2D eigenvalue weighted by molar-refractivity contribution is 5.24. The lowest BCUT2D eigenvalue weighted by atomic mass is 9.88. The van der Waals surface area contributed by atoms with Gasteiger partial charge in [-0.25, -0.2) is 0 Å². The number of likely N-dealkylation sites (N-methyl/N-ethyl adjacent to an activating group) is 1. The third-order valence-corrected chi connectivity index (χ3v) is 3.79. The lowest BCUT2D eigenvalue weighted by molar-refractivity contribution is 0.172. The molecule has 88 valence electrons. The average molecular weight is 218 g/mol. The van der Waals surface area contributed by atoms with E-state index in [1.165, 1.54) is 17.5 Å². The molecule has 0 bridgehead atoms. The van der Waals surface area contributed by atoms with E-state index < -0.39 is 0 Å². The van der Waals surface area contributed by atoms with Crippen LogP contribution in [0.3, 0.4) is 0 Å². The number of hydrogen-bond donors (Lipinski definition) is 1. The van der Waals surface area contributed by atoms with E-state index in [4.69, 9.17) is 0 Å². The molecule has 0 saturated carbocycles. The van der Waals surface area contributed by atoms with Crippen LogP contribution < -0.4 is 5.32 Å². The average Bonchev–Trinajstić information content (AvgIpc) is 2.67. The molecule has 0 radical (unpaired) electrons. The van der Waals surface area contributed by atoms with Crippen LogP contribution in [0.2, 0.25) is 0 Å². The molecular formula is C14H22N2. The summed E-state index contributed by atoms with van der Waals surface area (Å²) in [6.07, 6.45) is 2.39. The number of aryl methyl sites for hydroxylation is 1. The highest BCUT2D eigenvalue weighted by atomic mass is 15.2. The molecule has 1 N–H and O–H groups in total. The van der Waals surface area contributed by atoms with E-state index in [0.717, 1.165) is 19.5 Å². The first-order chi connectivity index (χ1) is 7.62. The van der Waals surface area contributed by atoms with Crippen molar-refractivity contribution >= 4 is 0 Å². The minimum absolute atomic E-state index is 0.313. The van der Waals surface area contributed by atoms with Crippen LogP contribution in [0.1, 0.15) is 17.5 Å². The van der Waals surface area contributed by atoms with E-state index in [-0.39, 0.29) is 0 Å². The highest BCUT2D eigenvalue weighted by Gasteiger charge is 2.35. The van der Waals surface area contributed by atoms with Crippen LogP contribution in [0.4, 0.5) is 0 Å². The summed E-state index contributed by atoms with van der Waals surface area (Å²) >= 11 is 0. The van der Waals surface area contributed by atoms with Gasteiger partial charge in [0.25, 0.3) is 0 Å². The Morgan fingerprint density at radius 2 is 2.19 bits per heavy atom. The standard InChI is InChI=1S/C14H22N2/c1-12-5-4-6-13(9-12)10-14(16(2)3)7-8-15-11-14/h4-6,9,15H,7-8,10-11H2,1-3H3. The number of rotatable bonds is 3. The molecule has 1 aromatic carbocycles. The second-order valence-electron chi connectivity index (χ2n) is 5.21. The maximum Gasteiger partial charge on any atom is 0.0380 e. The Morgan fingerprint density at radius 3 is 2.75 bits per heavy atom. The largest absolute Gasteiger partial charge is 0.315 e. The van der Waals surface area contributed by atoms with Crippen molar-refractivity contribution in [2.45, 2.75) is 25.3 Å². The summed E-state index contributed by atoms with van der Waals surface area (Å²) in [5.74, 6) is 0. The molecule has 16 heavy (non-hydrogen) atoms. The maximum absolute atomic E-state index is 3.49. The SMILES string of the molecule is Cc1cccc(CC2(N(C)C)CCNC2)c1. The molecule has 0 aliphatic carbocycles. The lowest BCUT2D eigenvalue weighted by Crippen LogP contribution is -2.47. The van der Waals surface area contributed by atoms with Crippen molar-refractivity contribution in [3.8, 4) is 0 Å². The van der Waals surface area contributed by atoms with Gasteiger partial charge in [-0.2, -0.15) is 0 Å². The summed E-state index contributed by atoms with van der Waals surface area (Å²) < 4.78 is 0. The first-order valence-corrected chi connectivity index (χ1v) is 6.06. The Balaban J connectivity index is 2.18. The van der Waals surface area contributed by atoms with Crippen molar-refractivity contribution in [2.75, 3.05) is 27.2 Å². The van der Waals surface area contributed by atoms with Gasteiger partial charge in [0.15, 0.2) is 0 Å². The Hall–Kier alpha value is -0.860. The van der Waals surface area contributed by atoms with Crippen molar-refractivity contribution in [1.29, 1.82) is 0 Å². The normalized spacial score (nSPS) is 25.2. The fourth-order valence-corrected chi connectivity index (χ4v) is 2.62. The predicted molar refractivity (Wildman–Crippen MR) is 68.8 cm³/mol. The molecule has 1 fully saturated rings. The van der Waals surface area contributed by atoms with Crippen LogP contribution in [-0.2, 0) is 6.42 Å². The van der Waals surface area contributed by atoms with E-state index in [1.807, 2.05) is 0 Å². The van der Waals surface area contributed by atoms with Crippen LogP contribution in [-0.4, -0.2) is 37.6 Å². The molecule has 1 aromatic rings. The minimum Gasteiger partial charge on any atom is -0.315 e. The molecule has 1 aliphatic heterocycles. The summed E-state index contributed by atoms with van der Waals surface area (Å²) in [6.45, 7) is 4.41. The second kappa shape index (κ2) is 4.56. The van der Waals surface area contributed by atoms with Crippen molar-refractivity contribution in [3.63, 3.8) is 0 Å². The third-order valence-electron chi connectivity index (χ3n) is 3.79. The zero-order valence-corrected chi connectivity index (χ0v) is 10.6. The van der Waals surface area contributed by atoms with Gasteiger partial charge in [-0.3, -0.25) is 0 Å². The van der Waals surface area contributed by atoms with Crippen molar-refractivity contribution in [2.24, 2.45) is 0 Å². The molecule has 1 unspecified atom stereocenters. The molecule has 2 nitrogen and oxygen atoms in total. The monoisotopic (exact) mass is 218 g/mol. The van der Waals surface area contributed by atoms with Gasteiger partial charge in [-0.05, 0) is 46.0 Å². The highest BCUT2D eigenvalue weighted by Crippen LogP contribution is 2.25. The fourth-order valence-electron chi connectivity index (χ4n) is 2.62. The number of hydrogen-bond acceptors (Lipinski definition) is 2. The molecule has 2 rings (SSSR count). The zero-order chi connectivity index (χ0) is 11.6. The van der Waals surface area contributed by atoms with Gasteiger partial charge in [0, 0.05) is 12.1 Å². The van der Waals surface area contributed by atoms with Gasteiger partial charge in [0.05, 0.1) is 0 Å². The topological polar surface area (TPSA) is 15.3 Å². The second-order valence-corrected chi connectivity index (χ2v) is 5.21. The van der Waals surface area contributed by atoms with Gasteiger partial charge in [0.1, 0.15) is 0 Å². The van der Waals surface area contributed by atoms with Gasteiger partial charge in [-0.1, -0.05) is 29.8 Å². The molecule has 0 spiro atoms. The number of nitrogens with zero attached hydrogens (tertiary/aromatic N) is 1. The Kier molecular flexibility index (Phi) is 3.31. The van der Waals surface area contributed by atoms with Gasteiger partial charge < -0.3 is 10.2 Å². The fraction of sp³-hybridized carbons (Fsp3) is 0.571. The molecule has 1 atom stereocenters. The summed E-state index contributed by atoms with van der Waals surface area (Å²) in [5.41, 5.74) is 3.13. The van der Waals surface area contributed by atoms with Crippen molar-refractivity contribution in [1.82, 2.24) is 10.2 Å². The van der Waals surface area contributed by atoms with Crippen LogP contribution in [0, 0.1) is 6.92 Å². The van der Waals surface area contributed by atoms with E-state index in [2.05, 4.69) is 55.5 Å². The lowest BCUT2D eigenvalue weighted by Gasteiger charge is -2.36. The Bertz CT molecular complexity index is 352. The quantitative estimate of drug-likeness (QED) is 0.832. The van der Waals surface area contributed by atoms with Crippen molar-refractivity contribution in [3.05, 3.63) is 35.4 Å². The zero-order valence-electron chi connectivity index (χ0n) is 10.6. The van der Waals surface area contributed by atoms with Gasteiger partial charge >= 0.3 is 0 Å². The van der Waals surface area contributed by atoms with Crippen LogP contribution >= 0.6 is 0 Å². The molecule has 0 aromatic heterocycles. The number of nitrogens with one attached hydrogen (secondary N) is 1. The van der Waals surface area contributed by atoms with Crippen molar-refractivity contribution < 1.29 is 0 Å². The van der Waals surface area contributed by atoms with E-state index in [1.54, 1.807) is 0 Å². The molecule has 1 saturated heterocycles. The first kappa shape index (κ1) is 11.6. The number of benzene rings is 1. The Morgan fingerprint density at radius 1 is 1.38 bits per heavy atom. The van der Waals surface area contributed by atoms with Gasteiger partial charge in [0.2, 0.25) is 0 Å². The summed E-state index contributed by atoms with van der Waals surface area (Å²) in [6, 6.07) is 8.88. The van der Waals surface area contributed by atoms with Crippen LogP contribution in [0.5, 0.6) is 0 Å². The van der Waals surface area contributed by atoms with Crippen LogP contribution in [0.15, 0.2) is 24.3 Å². The maximum atomic E-state index is 3.49. The smallest absolute Gasteiger partial charge is 0.0380 e. The summed E-state index contributed by atoms with van der Waals surface area (Å²) in [4.78, 5) is 2.38. The molecular weight excluding hydrogens is 196 g/mol. The molecule has 1 heterocycles. The molecule has 0 amide bonds. The van der Waals surface area contributed by atoms with E-state index in [9.17, 15) is 0 Å². The van der Waals surface area contributed by atoms with Gasteiger partial charge in [-0.15, -0.1) is 0 Å². The third kappa shape index (κ3) is 2.28. The summed E-state index contributed by atoms with van der Waals surface area (Å²) in [7, 11) is 4.39. The van der Waals surface area contributed by atoms with Crippen LogP contribution in [0.25, 0.3) is 0 Å².